The molecule has 6 aromatic rings. The van der Waals surface area contributed by atoms with Crippen molar-refractivity contribution in [1.82, 2.24) is 15.1 Å². The highest BCUT2D eigenvalue weighted by Crippen LogP contribution is 2.30. The van der Waals surface area contributed by atoms with Crippen LogP contribution in [0.2, 0.25) is 0 Å². The Morgan fingerprint density at radius 3 is 2.09 bits per heavy atom. The lowest BCUT2D eigenvalue weighted by atomic mass is 9.99. The first-order valence-corrected chi connectivity index (χ1v) is 13.6. The first kappa shape index (κ1) is 27.5. The van der Waals surface area contributed by atoms with Gasteiger partial charge in [0.2, 0.25) is 0 Å². The Bertz CT molecular complexity index is 1950. The van der Waals surface area contributed by atoms with Crippen LogP contribution in [0.15, 0.2) is 115 Å². The number of aromatic carboxylic acids is 1. The zero-order valence-corrected chi connectivity index (χ0v) is 22.8. The molecule has 0 saturated carbocycles. The average molecular weight is 574 g/mol. The molecule has 1 aromatic heterocycles. The van der Waals surface area contributed by atoms with E-state index in [0.29, 0.717) is 34.1 Å². The van der Waals surface area contributed by atoms with Gasteiger partial charge in [0.25, 0.3) is 5.91 Å². The molecule has 0 aliphatic rings. The molecular formula is C35H25F2N3O3. The summed E-state index contributed by atoms with van der Waals surface area (Å²) in [5.74, 6) is -3.36. The summed E-state index contributed by atoms with van der Waals surface area (Å²) in [5, 5.41) is 17.3. The van der Waals surface area contributed by atoms with Gasteiger partial charge in [0.05, 0.1) is 29.4 Å². The molecule has 5 aromatic carbocycles. The third-order valence-corrected chi connectivity index (χ3v) is 7.28. The first-order chi connectivity index (χ1) is 20.9. The van der Waals surface area contributed by atoms with Gasteiger partial charge in [-0.3, -0.25) is 9.48 Å². The van der Waals surface area contributed by atoms with E-state index in [4.69, 9.17) is 5.11 Å². The standard InChI is InChI=1S/C35H25F2N3O3/c36-31-15-14-27(18-32(31)37)28-16-29-20-39-40(21-23-8-10-25(11-9-23)24-4-2-1-3-5-24)33(29)30(17-28)34(41)38-19-22-6-12-26(13-7-22)35(42)43/h1-18,20H,19,21H2,(H,38,41)(H,42,43). The summed E-state index contributed by atoms with van der Waals surface area (Å²) in [6, 6.07) is 31.5. The van der Waals surface area contributed by atoms with Crippen LogP contribution in [0.1, 0.15) is 31.8 Å². The Labute approximate surface area is 245 Å². The highest BCUT2D eigenvalue weighted by atomic mass is 19.2. The summed E-state index contributed by atoms with van der Waals surface area (Å²) in [4.78, 5) is 24.8. The van der Waals surface area contributed by atoms with Gasteiger partial charge in [0.1, 0.15) is 0 Å². The summed E-state index contributed by atoms with van der Waals surface area (Å²) in [5.41, 5.74) is 5.92. The van der Waals surface area contributed by atoms with Crippen LogP contribution >= 0.6 is 0 Å². The largest absolute Gasteiger partial charge is 0.478 e. The Kier molecular flexibility index (Phi) is 7.49. The fourth-order valence-electron chi connectivity index (χ4n) is 5.02. The van der Waals surface area contributed by atoms with Crippen LogP contribution in [0, 0.1) is 11.6 Å². The fraction of sp³-hybridized carbons (Fsp3) is 0.0571. The molecule has 0 aliphatic heterocycles. The second-order valence-corrected chi connectivity index (χ2v) is 10.1. The van der Waals surface area contributed by atoms with Crippen LogP contribution in [0.3, 0.4) is 0 Å². The number of hydrogen-bond acceptors (Lipinski definition) is 3. The molecule has 0 fully saturated rings. The van der Waals surface area contributed by atoms with E-state index >= 15 is 0 Å². The third kappa shape index (κ3) is 5.90. The van der Waals surface area contributed by atoms with Gasteiger partial charge in [-0.15, -0.1) is 0 Å². The average Bonchev–Trinajstić information content (AvgIpc) is 3.44. The second kappa shape index (κ2) is 11.7. The second-order valence-electron chi connectivity index (χ2n) is 10.1. The van der Waals surface area contributed by atoms with E-state index < -0.39 is 23.5 Å². The van der Waals surface area contributed by atoms with E-state index in [1.54, 1.807) is 35.1 Å². The molecule has 6 nitrogen and oxygen atoms in total. The summed E-state index contributed by atoms with van der Waals surface area (Å²) in [6.45, 7) is 0.560. The Balaban J connectivity index is 1.34. The number of nitrogens with one attached hydrogen (secondary N) is 1. The van der Waals surface area contributed by atoms with Gasteiger partial charge in [-0.05, 0) is 69.8 Å². The number of benzene rings is 5. The summed E-state index contributed by atoms with van der Waals surface area (Å²) in [7, 11) is 0. The number of carboxylic acid groups (broad SMARTS) is 1. The lowest BCUT2D eigenvalue weighted by Crippen LogP contribution is -2.24. The van der Waals surface area contributed by atoms with Crippen LogP contribution in [-0.2, 0) is 13.1 Å². The molecule has 8 heteroatoms. The first-order valence-electron chi connectivity index (χ1n) is 13.6. The predicted octanol–water partition coefficient (Wildman–Crippen LogP) is 7.33. The lowest BCUT2D eigenvalue weighted by molar-refractivity contribution is 0.0696. The zero-order valence-electron chi connectivity index (χ0n) is 22.8. The quantitative estimate of drug-likeness (QED) is 0.200. The molecule has 212 valence electrons. The highest BCUT2D eigenvalue weighted by molar-refractivity contribution is 6.07. The molecule has 0 spiro atoms. The summed E-state index contributed by atoms with van der Waals surface area (Å²) >= 11 is 0. The molecule has 43 heavy (non-hydrogen) atoms. The smallest absolute Gasteiger partial charge is 0.335 e. The SMILES string of the molecule is O=C(O)c1ccc(CNC(=O)c2cc(-c3ccc(F)c(F)c3)cc3cnn(Cc4ccc(-c5ccccc5)cc4)c23)cc1. The molecule has 0 aliphatic carbocycles. The molecule has 6 rings (SSSR count). The maximum Gasteiger partial charge on any atom is 0.335 e. The van der Waals surface area contributed by atoms with Crippen molar-refractivity contribution >= 4 is 22.8 Å². The number of halogens is 2. The number of fused-ring (bicyclic) bond motifs is 1. The van der Waals surface area contributed by atoms with Gasteiger partial charge in [0.15, 0.2) is 11.6 Å². The molecule has 0 atom stereocenters. The molecule has 1 heterocycles. The Morgan fingerprint density at radius 2 is 1.40 bits per heavy atom. The lowest BCUT2D eigenvalue weighted by Gasteiger charge is -2.13. The van der Waals surface area contributed by atoms with E-state index in [0.717, 1.165) is 34.4 Å². The van der Waals surface area contributed by atoms with E-state index in [1.165, 1.54) is 18.2 Å². The van der Waals surface area contributed by atoms with E-state index in [9.17, 15) is 18.4 Å². The van der Waals surface area contributed by atoms with Gasteiger partial charge < -0.3 is 10.4 Å². The normalized spacial score (nSPS) is 11.0. The number of carboxylic acids is 1. The van der Waals surface area contributed by atoms with Crippen LogP contribution in [0.25, 0.3) is 33.2 Å². The number of nitrogens with zero attached hydrogens (tertiary/aromatic N) is 2. The molecule has 2 N–H and O–H groups in total. The van der Waals surface area contributed by atoms with Gasteiger partial charge in [0, 0.05) is 11.9 Å². The van der Waals surface area contributed by atoms with Gasteiger partial charge in [-0.1, -0.05) is 72.8 Å². The maximum atomic E-state index is 14.1. The van der Waals surface area contributed by atoms with E-state index in [1.807, 2.05) is 54.6 Å². The number of aromatic nitrogens is 2. The van der Waals surface area contributed by atoms with Crippen LogP contribution in [0.5, 0.6) is 0 Å². The Morgan fingerprint density at radius 1 is 0.721 bits per heavy atom. The van der Waals surface area contributed by atoms with Crippen molar-refractivity contribution in [2.75, 3.05) is 0 Å². The number of carbonyl (C=O) groups excluding carboxylic acids is 1. The van der Waals surface area contributed by atoms with E-state index in [2.05, 4.69) is 10.4 Å². The number of hydrogen-bond donors (Lipinski definition) is 2. The topological polar surface area (TPSA) is 84.2 Å². The van der Waals surface area contributed by atoms with Gasteiger partial charge in [-0.25, -0.2) is 13.6 Å². The van der Waals surface area contributed by atoms with Crippen molar-refractivity contribution in [3.63, 3.8) is 0 Å². The predicted molar refractivity (Wildman–Crippen MR) is 161 cm³/mol. The Hall–Kier alpha value is -5.63. The molecular weight excluding hydrogens is 548 g/mol. The minimum absolute atomic E-state index is 0.150. The number of rotatable bonds is 8. The summed E-state index contributed by atoms with van der Waals surface area (Å²) < 4.78 is 29.5. The van der Waals surface area contributed by atoms with E-state index in [-0.39, 0.29) is 12.1 Å². The van der Waals surface area contributed by atoms with Gasteiger partial charge >= 0.3 is 5.97 Å². The highest BCUT2D eigenvalue weighted by Gasteiger charge is 2.18. The monoisotopic (exact) mass is 573 g/mol. The van der Waals surface area contributed by atoms with Crippen molar-refractivity contribution in [2.24, 2.45) is 0 Å². The van der Waals surface area contributed by atoms with Crippen LogP contribution in [-0.4, -0.2) is 26.8 Å². The van der Waals surface area contributed by atoms with Crippen molar-refractivity contribution in [1.29, 1.82) is 0 Å². The van der Waals surface area contributed by atoms with Crippen LogP contribution in [0.4, 0.5) is 8.78 Å². The maximum absolute atomic E-state index is 14.1. The van der Waals surface area contributed by atoms with Crippen molar-refractivity contribution in [2.45, 2.75) is 13.1 Å². The molecule has 0 bridgehead atoms. The number of carbonyl (C=O) groups is 2. The number of amides is 1. The third-order valence-electron chi connectivity index (χ3n) is 7.28. The summed E-state index contributed by atoms with van der Waals surface area (Å²) in [6.07, 6.45) is 1.65. The molecule has 1 amide bonds. The minimum atomic E-state index is -1.03. The van der Waals surface area contributed by atoms with Gasteiger partial charge in [-0.2, -0.15) is 5.10 Å². The molecule has 0 unspecified atom stereocenters. The molecule has 0 radical (unpaired) electrons. The molecule has 0 saturated heterocycles. The van der Waals surface area contributed by atoms with Crippen molar-refractivity contribution in [3.8, 4) is 22.3 Å². The fourth-order valence-corrected chi connectivity index (χ4v) is 5.02. The van der Waals surface area contributed by atoms with Crippen LogP contribution < -0.4 is 5.32 Å². The van der Waals surface area contributed by atoms with Crippen molar-refractivity contribution < 1.29 is 23.5 Å². The van der Waals surface area contributed by atoms with Crippen molar-refractivity contribution in [3.05, 3.63) is 149 Å². The minimum Gasteiger partial charge on any atom is -0.478 e. The zero-order chi connectivity index (χ0) is 29.9.